The molecule has 4 N–H and O–H groups in total. The molecule has 0 spiro atoms. The smallest absolute Gasteiger partial charge is 0.226 e. The molecule has 0 atom stereocenters. The molecule has 1 aromatic carbocycles. The van der Waals surface area contributed by atoms with E-state index in [1.54, 1.807) is 38.4 Å². The molecule has 0 bridgehead atoms. The lowest BCUT2D eigenvalue weighted by Gasteiger charge is -2.18. The van der Waals surface area contributed by atoms with E-state index in [1.807, 2.05) is 0 Å². The molecule has 8 nitrogen and oxygen atoms in total. The molecule has 168 valence electrons. The van der Waals surface area contributed by atoms with Gasteiger partial charge in [-0.3, -0.25) is 0 Å². The van der Waals surface area contributed by atoms with Crippen molar-refractivity contribution in [3.8, 4) is 5.75 Å². The highest BCUT2D eigenvalue weighted by molar-refractivity contribution is 6.30. The number of rotatable bonds is 10. The Morgan fingerprint density at radius 3 is 2.58 bits per heavy atom. The van der Waals surface area contributed by atoms with Gasteiger partial charge >= 0.3 is 0 Å². The average Bonchev–Trinajstić information content (AvgIpc) is 3.12. The summed E-state index contributed by atoms with van der Waals surface area (Å²) in [7, 11) is 0. The number of hydrogen-bond acceptors (Lipinski definition) is 7. The minimum atomic E-state index is -0.778. The monoisotopic (exact) mass is 446 g/mol. The SMILES string of the molecule is CCC(CC)n1cnc2c(NCc3cc(Cl)ccc3O)nc(NCCC(C)(C)O)nc21. The number of hydrogen-bond donors (Lipinski definition) is 4. The number of aliphatic hydroxyl groups is 1. The van der Waals surface area contributed by atoms with Crippen molar-refractivity contribution in [1.82, 2.24) is 19.5 Å². The van der Waals surface area contributed by atoms with Crippen LogP contribution in [0, 0.1) is 0 Å². The van der Waals surface area contributed by atoms with Crippen LogP contribution >= 0.6 is 11.6 Å². The molecule has 0 amide bonds. The van der Waals surface area contributed by atoms with Crippen LogP contribution in [-0.4, -0.2) is 41.9 Å². The van der Waals surface area contributed by atoms with Gasteiger partial charge in [0.15, 0.2) is 17.0 Å². The van der Waals surface area contributed by atoms with Gasteiger partial charge < -0.3 is 25.4 Å². The zero-order valence-electron chi connectivity index (χ0n) is 18.5. The van der Waals surface area contributed by atoms with Gasteiger partial charge in [-0.2, -0.15) is 9.97 Å². The summed E-state index contributed by atoms with van der Waals surface area (Å²) in [5, 5.41) is 27.1. The molecule has 3 rings (SSSR count). The lowest BCUT2D eigenvalue weighted by Crippen LogP contribution is -2.23. The predicted molar refractivity (Wildman–Crippen MR) is 125 cm³/mol. The Kier molecular flexibility index (Phi) is 7.23. The number of phenolic OH excluding ortho intramolecular Hbond substituents is 1. The lowest BCUT2D eigenvalue weighted by molar-refractivity contribution is 0.0748. The van der Waals surface area contributed by atoms with Crippen LogP contribution in [0.2, 0.25) is 5.02 Å². The van der Waals surface area contributed by atoms with E-state index in [0.717, 1.165) is 18.5 Å². The molecule has 3 aromatic rings. The lowest BCUT2D eigenvalue weighted by atomic mass is 10.1. The zero-order chi connectivity index (χ0) is 22.6. The molecule has 2 heterocycles. The molecule has 0 saturated heterocycles. The van der Waals surface area contributed by atoms with Gasteiger partial charge in [0.25, 0.3) is 0 Å². The molecule has 0 fully saturated rings. The van der Waals surface area contributed by atoms with E-state index in [-0.39, 0.29) is 11.8 Å². The van der Waals surface area contributed by atoms with Gasteiger partial charge in [0, 0.05) is 29.7 Å². The number of anilines is 2. The quantitative estimate of drug-likeness (QED) is 0.356. The van der Waals surface area contributed by atoms with Crippen molar-refractivity contribution in [2.75, 3.05) is 17.2 Å². The first-order chi connectivity index (χ1) is 14.7. The molecule has 31 heavy (non-hydrogen) atoms. The van der Waals surface area contributed by atoms with Crippen LogP contribution in [0.25, 0.3) is 11.2 Å². The average molecular weight is 447 g/mol. The number of imidazole rings is 1. The normalized spacial score (nSPS) is 12.0. The topological polar surface area (TPSA) is 108 Å². The third kappa shape index (κ3) is 5.77. The van der Waals surface area contributed by atoms with E-state index in [4.69, 9.17) is 16.6 Å². The van der Waals surface area contributed by atoms with Crippen LogP contribution in [0.5, 0.6) is 5.75 Å². The molecule has 2 aromatic heterocycles. The second-order valence-electron chi connectivity index (χ2n) is 8.31. The van der Waals surface area contributed by atoms with Crippen molar-refractivity contribution in [1.29, 1.82) is 0 Å². The van der Waals surface area contributed by atoms with E-state index in [2.05, 4.69) is 39.0 Å². The summed E-state index contributed by atoms with van der Waals surface area (Å²) in [6.45, 7) is 8.69. The maximum Gasteiger partial charge on any atom is 0.226 e. The van der Waals surface area contributed by atoms with Gasteiger partial charge in [-0.25, -0.2) is 4.98 Å². The molecule has 0 saturated carbocycles. The van der Waals surface area contributed by atoms with Crippen molar-refractivity contribution < 1.29 is 10.2 Å². The molecule has 0 aliphatic carbocycles. The number of benzene rings is 1. The van der Waals surface area contributed by atoms with E-state index >= 15 is 0 Å². The molecule has 0 aliphatic rings. The van der Waals surface area contributed by atoms with Crippen molar-refractivity contribution >= 4 is 34.5 Å². The van der Waals surface area contributed by atoms with E-state index < -0.39 is 5.60 Å². The number of fused-ring (bicyclic) bond motifs is 1. The number of phenols is 1. The maximum atomic E-state index is 10.1. The Hall–Kier alpha value is -2.58. The predicted octanol–water partition coefficient (Wildman–Crippen LogP) is 4.73. The van der Waals surface area contributed by atoms with Gasteiger partial charge in [-0.15, -0.1) is 0 Å². The first kappa shape index (κ1) is 23.1. The summed E-state index contributed by atoms with van der Waals surface area (Å²) in [5.74, 6) is 1.19. The van der Waals surface area contributed by atoms with Crippen LogP contribution in [0.1, 0.15) is 58.6 Å². The Labute approximate surface area is 187 Å². The largest absolute Gasteiger partial charge is 0.508 e. The van der Waals surface area contributed by atoms with E-state index in [1.165, 1.54) is 0 Å². The highest BCUT2D eigenvalue weighted by Crippen LogP contribution is 2.28. The van der Waals surface area contributed by atoms with Crippen molar-refractivity contribution in [2.24, 2.45) is 0 Å². The highest BCUT2D eigenvalue weighted by Gasteiger charge is 2.18. The van der Waals surface area contributed by atoms with Crippen molar-refractivity contribution in [3.63, 3.8) is 0 Å². The minimum absolute atomic E-state index is 0.160. The summed E-state index contributed by atoms with van der Waals surface area (Å²) in [6, 6.07) is 5.22. The number of halogens is 1. The number of nitrogens with one attached hydrogen (secondary N) is 2. The molecule has 0 unspecified atom stereocenters. The molecular weight excluding hydrogens is 416 g/mol. The summed E-state index contributed by atoms with van der Waals surface area (Å²) < 4.78 is 2.08. The minimum Gasteiger partial charge on any atom is -0.508 e. The van der Waals surface area contributed by atoms with Crippen LogP contribution in [0.3, 0.4) is 0 Å². The summed E-state index contributed by atoms with van der Waals surface area (Å²) in [6.07, 6.45) is 4.29. The third-order valence-electron chi connectivity index (χ3n) is 5.27. The standard InChI is InChI=1S/C22H31ClN6O2/c1-5-16(6-2)29-13-26-18-19(25-12-14-11-15(23)7-8-17(14)30)27-21(28-20(18)29)24-10-9-22(3,4)31/h7-8,11,13,16,30-31H,5-6,9-10,12H2,1-4H3,(H2,24,25,27,28). The fourth-order valence-corrected chi connectivity index (χ4v) is 3.62. The Morgan fingerprint density at radius 1 is 1.16 bits per heavy atom. The summed E-state index contributed by atoms with van der Waals surface area (Å²) >= 11 is 6.07. The van der Waals surface area contributed by atoms with Gasteiger partial charge in [-0.1, -0.05) is 25.4 Å². The van der Waals surface area contributed by atoms with Gasteiger partial charge in [-0.05, 0) is 51.3 Å². The first-order valence-electron chi connectivity index (χ1n) is 10.6. The van der Waals surface area contributed by atoms with Gasteiger partial charge in [0.1, 0.15) is 5.75 Å². The van der Waals surface area contributed by atoms with Crippen LogP contribution in [-0.2, 0) is 6.54 Å². The van der Waals surface area contributed by atoms with Crippen molar-refractivity contribution in [3.05, 3.63) is 35.1 Å². The first-order valence-corrected chi connectivity index (χ1v) is 11.0. The summed E-state index contributed by atoms with van der Waals surface area (Å²) in [4.78, 5) is 13.9. The number of aromatic nitrogens is 4. The second-order valence-corrected chi connectivity index (χ2v) is 8.74. The second kappa shape index (κ2) is 9.70. The van der Waals surface area contributed by atoms with Crippen LogP contribution < -0.4 is 10.6 Å². The third-order valence-corrected chi connectivity index (χ3v) is 5.50. The zero-order valence-corrected chi connectivity index (χ0v) is 19.2. The molecular formula is C22H31ClN6O2. The van der Waals surface area contributed by atoms with E-state index in [9.17, 15) is 10.2 Å². The van der Waals surface area contributed by atoms with Gasteiger partial charge in [0.05, 0.1) is 11.9 Å². The van der Waals surface area contributed by atoms with Crippen LogP contribution in [0.15, 0.2) is 24.5 Å². The highest BCUT2D eigenvalue weighted by atomic mass is 35.5. The molecule has 0 aliphatic heterocycles. The van der Waals surface area contributed by atoms with E-state index in [0.29, 0.717) is 47.4 Å². The Morgan fingerprint density at radius 2 is 1.90 bits per heavy atom. The summed E-state index contributed by atoms with van der Waals surface area (Å²) in [5.41, 5.74) is 1.29. The van der Waals surface area contributed by atoms with Crippen LogP contribution in [0.4, 0.5) is 11.8 Å². The fourth-order valence-electron chi connectivity index (χ4n) is 3.42. The Bertz CT molecular complexity index is 1030. The Balaban J connectivity index is 1.94. The molecule has 9 heteroatoms. The molecule has 0 radical (unpaired) electrons. The number of nitrogens with zero attached hydrogens (tertiary/aromatic N) is 4. The fraction of sp³-hybridized carbons (Fsp3) is 0.500. The number of aromatic hydroxyl groups is 1. The maximum absolute atomic E-state index is 10.1. The van der Waals surface area contributed by atoms with Crippen molar-refractivity contribution in [2.45, 2.75) is 65.1 Å². The van der Waals surface area contributed by atoms with Gasteiger partial charge in [0.2, 0.25) is 5.95 Å².